The number of nitrogens with one attached hydrogen (secondary N) is 1. The van der Waals surface area contributed by atoms with Gasteiger partial charge in [-0.3, -0.25) is 23.9 Å². The number of aromatic nitrogens is 4. The Labute approximate surface area is 377 Å². The van der Waals surface area contributed by atoms with Crippen molar-refractivity contribution in [1.82, 2.24) is 34.4 Å². The highest BCUT2D eigenvalue weighted by atomic mass is 35.5. The van der Waals surface area contributed by atoms with Crippen molar-refractivity contribution >= 4 is 52.2 Å². The van der Waals surface area contributed by atoms with Crippen molar-refractivity contribution in [3.63, 3.8) is 0 Å². The fraction of sp³-hybridized carbons (Fsp3) is 0.188. The van der Waals surface area contributed by atoms with Gasteiger partial charge in [0.25, 0.3) is 5.91 Å². The number of halogens is 2. The fourth-order valence-corrected chi connectivity index (χ4v) is 8.26. The van der Waals surface area contributed by atoms with Gasteiger partial charge in [0.05, 0.1) is 35.7 Å². The molecular weight excluding hydrogens is 853 g/mol. The first-order valence-corrected chi connectivity index (χ1v) is 21.0. The predicted octanol–water partition coefficient (Wildman–Crippen LogP) is 5.76. The molecule has 1 fully saturated rings. The van der Waals surface area contributed by atoms with Crippen molar-refractivity contribution in [2.45, 2.75) is 44.1 Å². The number of fused-ring (bicyclic) bond motifs is 1. The van der Waals surface area contributed by atoms with Crippen LogP contribution in [0.25, 0.3) is 10.9 Å². The number of nitrogens with zero attached hydrogens (tertiary/aromatic N) is 6. The number of primary amides is 2. The van der Waals surface area contributed by atoms with Crippen LogP contribution in [0.1, 0.15) is 51.3 Å². The minimum Gasteiger partial charge on any atom is -0.410 e. The molecule has 1 aliphatic carbocycles. The Morgan fingerprint density at radius 3 is 2.03 bits per heavy atom. The summed E-state index contributed by atoms with van der Waals surface area (Å²) in [5.74, 6) is -3.13. The van der Waals surface area contributed by atoms with Gasteiger partial charge in [-0.1, -0.05) is 115 Å². The zero-order valence-electron chi connectivity index (χ0n) is 34.8. The number of amides is 5. The zero-order valence-corrected chi connectivity index (χ0v) is 35.6. The van der Waals surface area contributed by atoms with Crippen LogP contribution in [0.3, 0.4) is 0 Å². The number of ether oxygens (including phenoxy) is 1. The van der Waals surface area contributed by atoms with Gasteiger partial charge in [-0.15, -0.1) is 0 Å². The molecule has 7 aromatic rings. The van der Waals surface area contributed by atoms with Gasteiger partial charge in [0.1, 0.15) is 30.2 Å². The number of hydrogen-bond donors (Lipinski definition) is 3. The third kappa shape index (κ3) is 9.43. The lowest BCUT2D eigenvalue weighted by Gasteiger charge is -2.37. The molecule has 17 heteroatoms. The average Bonchev–Trinajstić information content (AvgIpc) is 3.94. The lowest BCUT2D eigenvalue weighted by Crippen LogP contribution is -2.47. The van der Waals surface area contributed by atoms with Gasteiger partial charge < -0.3 is 35.9 Å². The number of hydrogen-bond acceptors (Lipinski definition) is 8. The highest BCUT2D eigenvalue weighted by Crippen LogP contribution is 2.41. The monoisotopic (exact) mass is 895 g/mol. The number of carbonyl (C=O) groups is 5. The highest BCUT2D eigenvalue weighted by Gasteiger charge is 2.39. The highest BCUT2D eigenvalue weighted by molar-refractivity contribution is 6.30. The summed E-state index contributed by atoms with van der Waals surface area (Å²) in [6.45, 7) is -1.55. The SMILES string of the molecule is NC(=O)Oc1ccc2c(c1)c(C(N)=O)nn2CC(=O)N(CC(=O)N(CC(=O)NCc1cccc(Cl)c1F)C1CC1)Cc1cn(C(c2ccccc2)(c2ccccc2)c2ccccc2)cn1. The molecular formula is C48H43ClFN9O6. The van der Waals surface area contributed by atoms with Crippen molar-refractivity contribution in [2.75, 3.05) is 13.1 Å². The summed E-state index contributed by atoms with van der Waals surface area (Å²) >= 11 is 5.94. The maximum Gasteiger partial charge on any atom is 0.409 e. The minimum atomic E-state index is -1.07. The van der Waals surface area contributed by atoms with Crippen LogP contribution in [0.2, 0.25) is 5.02 Å². The van der Waals surface area contributed by atoms with Crippen LogP contribution < -0.4 is 21.5 Å². The van der Waals surface area contributed by atoms with Crippen molar-refractivity contribution in [3.8, 4) is 5.75 Å². The Morgan fingerprint density at radius 2 is 1.45 bits per heavy atom. The van der Waals surface area contributed by atoms with Gasteiger partial charge in [0.2, 0.25) is 17.7 Å². The van der Waals surface area contributed by atoms with E-state index in [0.29, 0.717) is 24.1 Å². The minimum absolute atomic E-state index is 0.0284. The van der Waals surface area contributed by atoms with E-state index in [2.05, 4.69) is 10.4 Å². The Bertz CT molecular complexity index is 2790. The second kappa shape index (κ2) is 18.9. The molecule has 0 bridgehead atoms. The Balaban J connectivity index is 1.13. The molecule has 0 saturated heterocycles. The first kappa shape index (κ1) is 43.8. The van der Waals surface area contributed by atoms with Gasteiger partial charge in [-0.2, -0.15) is 5.10 Å². The summed E-state index contributed by atoms with van der Waals surface area (Å²) < 4.78 is 22.9. The van der Waals surface area contributed by atoms with Crippen LogP contribution in [0.4, 0.5) is 9.18 Å². The maximum atomic E-state index is 14.6. The van der Waals surface area contributed by atoms with E-state index >= 15 is 0 Å². The van der Waals surface area contributed by atoms with E-state index in [1.54, 1.807) is 12.4 Å². The number of nitrogens with two attached hydrogens (primary N) is 2. The van der Waals surface area contributed by atoms with E-state index in [0.717, 1.165) is 16.7 Å². The van der Waals surface area contributed by atoms with Crippen molar-refractivity contribution in [2.24, 2.45) is 11.5 Å². The number of benzene rings is 5. The van der Waals surface area contributed by atoms with E-state index in [1.165, 1.54) is 44.8 Å². The summed E-state index contributed by atoms with van der Waals surface area (Å²) in [5.41, 5.74) is 13.6. The lowest BCUT2D eigenvalue weighted by atomic mass is 9.77. The molecule has 0 atom stereocenters. The van der Waals surface area contributed by atoms with Gasteiger partial charge in [0, 0.05) is 29.7 Å². The quantitative estimate of drug-likeness (QED) is 0.0959. The van der Waals surface area contributed by atoms with Gasteiger partial charge in [0.15, 0.2) is 5.69 Å². The van der Waals surface area contributed by atoms with Crippen molar-refractivity contribution in [3.05, 3.63) is 184 Å². The summed E-state index contributed by atoms with van der Waals surface area (Å²) in [6.07, 6.45) is 3.77. The van der Waals surface area contributed by atoms with E-state index in [1.807, 2.05) is 102 Å². The van der Waals surface area contributed by atoms with E-state index in [9.17, 15) is 28.4 Å². The Morgan fingerprint density at radius 1 is 0.815 bits per heavy atom. The zero-order chi connectivity index (χ0) is 45.7. The van der Waals surface area contributed by atoms with Crippen molar-refractivity contribution < 1.29 is 33.1 Å². The largest absolute Gasteiger partial charge is 0.410 e. The van der Waals surface area contributed by atoms with E-state index in [4.69, 9.17) is 32.8 Å². The molecule has 2 heterocycles. The Hall–Kier alpha value is -7.85. The van der Waals surface area contributed by atoms with Gasteiger partial charge in [-0.05, 0) is 53.8 Å². The fourth-order valence-electron chi connectivity index (χ4n) is 8.06. The third-order valence-electron chi connectivity index (χ3n) is 11.2. The molecule has 65 heavy (non-hydrogen) atoms. The summed E-state index contributed by atoms with van der Waals surface area (Å²) in [5, 5.41) is 7.14. The van der Waals surface area contributed by atoms with Crippen LogP contribution in [0.15, 0.2) is 140 Å². The smallest absolute Gasteiger partial charge is 0.409 e. The molecule has 330 valence electrons. The van der Waals surface area contributed by atoms with Crippen LogP contribution in [-0.2, 0) is 39.6 Å². The normalized spacial score (nSPS) is 12.4. The summed E-state index contributed by atoms with van der Waals surface area (Å²) in [6, 6.07) is 38.4. The molecule has 5 amide bonds. The van der Waals surface area contributed by atoms with Crippen LogP contribution >= 0.6 is 11.6 Å². The topological polar surface area (TPSA) is 201 Å². The maximum absolute atomic E-state index is 14.6. The standard InChI is InChI=1S/C48H43ClFN9O6/c49-39-18-10-11-31(44(39)50)24-53-41(60)27-58(36-19-20-36)43(62)28-56(42(61)29-59-40-22-21-37(65-47(52)64)23-38(40)45(55-59)46(51)63)25-35-26-57(30-54-35)48(32-12-4-1-5-13-32,33-14-6-2-7-15-33)34-16-8-3-9-17-34/h1-18,21-23,26,30,36H,19-20,24-25,27-29H2,(H2,51,63)(H2,52,64)(H,53,60). The molecule has 1 saturated carbocycles. The molecule has 1 aliphatic rings. The van der Waals surface area contributed by atoms with Crippen LogP contribution in [-0.4, -0.2) is 78.0 Å². The van der Waals surface area contributed by atoms with Crippen molar-refractivity contribution in [1.29, 1.82) is 0 Å². The molecule has 5 aromatic carbocycles. The third-order valence-corrected chi connectivity index (χ3v) is 11.5. The molecule has 5 N–H and O–H groups in total. The molecule has 0 radical (unpaired) electrons. The summed E-state index contributed by atoms with van der Waals surface area (Å²) in [7, 11) is 0. The Kier molecular flexibility index (Phi) is 12.7. The van der Waals surface area contributed by atoms with Crippen LogP contribution in [0.5, 0.6) is 5.75 Å². The van der Waals surface area contributed by atoms with Gasteiger partial charge in [-0.25, -0.2) is 14.2 Å². The second-order valence-electron chi connectivity index (χ2n) is 15.5. The molecule has 0 unspecified atom stereocenters. The molecule has 0 spiro atoms. The number of carbonyl (C=O) groups excluding carboxylic acids is 5. The first-order chi connectivity index (χ1) is 31.4. The second-order valence-corrected chi connectivity index (χ2v) is 16.0. The number of imidazole rings is 1. The van der Waals surface area contributed by atoms with E-state index < -0.39 is 54.2 Å². The average molecular weight is 896 g/mol. The summed E-state index contributed by atoms with van der Waals surface area (Å²) in [4.78, 5) is 73.9. The van der Waals surface area contributed by atoms with E-state index in [-0.39, 0.29) is 53.1 Å². The van der Waals surface area contributed by atoms with Gasteiger partial charge >= 0.3 is 6.09 Å². The predicted molar refractivity (Wildman–Crippen MR) is 239 cm³/mol. The molecule has 15 nitrogen and oxygen atoms in total. The number of rotatable bonds is 17. The lowest BCUT2D eigenvalue weighted by molar-refractivity contribution is -0.143. The molecule has 8 rings (SSSR count). The molecule has 2 aromatic heterocycles. The van der Waals surface area contributed by atoms with Crippen LogP contribution in [0, 0.1) is 5.82 Å². The molecule has 0 aliphatic heterocycles. The first-order valence-electron chi connectivity index (χ1n) is 20.7.